The van der Waals surface area contributed by atoms with E-state index in [0.29, 0.717) is 0 Å². The van der Waals surface area contributed by atoms with Gasteiger partial charge in [0.15, 0.2) is 0 Å². The van der Waals surface area contributed by atoms with E-state index in [2.05, 4.69) is 43.8 Å². The molecule has 0 bridgehead atoms. The molecule has 0 N–H and O–H groups in total. The van der Waals surface area contributed by atoms with Crippen molar-refractivity contribution in [3.8, 4) is 0 Å². The average Bonchev–Trinajstić information content (AvgIpc) is 2.61. The molecule has 0 unspecified atom stereocenters. The monoisotopic (exact) mass is 362 g/mol. The van der Waals surface area contributed by atoms with Crippen molar-refractivity contribution in [1.82, 2.24) is 0 Å². The molecule has 1 aromatic rings. The van der Waals surface area contributed by atoms with E-state index in [9.17, 15) is 0 Å². The lowest BCUT2D eigenvalue weighted by Gasteiger charge is -2.04. The Morgan fingerprint density at radius 3 is 1.48 bits per heavy atom. The minimum atomic E-state index is 1.09. The molecule has 1 aromatic carbocycles. The van der Waals surface area contributed by atoms with Gasteiger partial charge in [0.25, 0.3) is 0 Å². The summed E-state index contributed by atoms with van der Waals surface area (Å²) in [5, 5.41) is 0. The molecule has 0 aliphatic heterocycles. The Labute approximate surface area is 163 Å². The standard InChI is InChI=1S/C24H42S/c1-2-3-4-5-6-7-8-9-10-11-12-13-14-15-16-17-19-23-20-18-21-24(25)22-23/h18,20-22,25H,2-17,19H2,1H3. The van der Waals surface area contributed by atoms with Gasteiger partial charge in [-0.3, -0.25) is 0 Å². The lowest BCUT2D eigenvalue weighted by molar-refractivity contribution is 0.529. The number of thiol groups is 1. The second kappa shape index (κ2) is 17.0. The summed E-state index contributed by atoms with van der Waals surface area (Å²) < 4.78 is 0. The fourth-order valence-electron chi connectivity index (χ4n) is 3.59. The molecule has 0 radical (unpaired) electrons. The van der Waals surface area contributed by atoms with Crippen molar-refractivity contribution in [2.45, 2.75) is 121 Å². The third-order valence-electron chi connectivity index (χ3n) is 5.23. The maximum absolute atomic E-state index is 4.41. The van der Waals surface area contributed by atoms with Gasteiger partial charge in [-0.2, -0.15) is 0 Å². The maximum Gasteiger partial charge on any atom is 0.00427 e. The normalized spacial score (nSPS) is 11.1. The van der Waals surface area contributed by atoms with Crippen molar-refractivity contribution in [3.63, 3.8) is 0 Å². The summed E-state index contributed by atoms with van der Waals surface area (Å²) in [4.78, 5) is 1.09. The first-order valence-electron chi connectivity index (χ1n) is 11.1. The van der Waals surface area contributed by atoms with E-state index in [1.54, 1.807) is 0 Å². The Balaban J connectivity index is 1.75. The Kier molecular flexibility index (Phi) is 15.4. The van der Waals surface area contributed by atoms with Crippen molar-refractivity contribution in [2.75, 3.05) is 0 Å². The molecule has 0 saturated heterocycles. The lowest BCUT2D eigenvalue weighted by atomic mass is 10.0. The summed E-state index contributed by atoms with van der Waals surface area (Å²) in [7, 11) is 0. The SMILES string of the molecule is CCCCCCCCCCCCCCCCCCc1cccc(S)c1. The third-order valence-corrected chi connectivity index (χ3v) is 5.51. The highest BCUT2D eigenvalue weighted by Gasteiger charge is 1.96. The molecule has 0 spiro atoms. The second-order valence-electron chi connectivity index (χ2n) is 7.72. The molecule has 1 rings (SSSR count). The molecule has 0 aliphatic carbocycles. The Morgan fingerprint density at radius 2 is 1.04 bits per heavy atom. The summed E-state index contributed by atoms with van der Waals surface area (Å²) in [5.74, 6) is 0. The van der Waals surface area contributed by atoms with Crippen LogP contribution in [0.25, 0.3) is 0 Å². The summed E-state index contributed by atoms with van der Waals surface area (Å²) in [6.45, 7) is 2.29. The zero-order valence-electron chi connectivity index (χ0n) is 16.8. The van der Waals surface area contributed by atoms with E-state index in [4.69, 9.17) is 0 Å². The topological polar surface area (TPSA) is 0 Å². The van der Waals surface area contributed by atoms with Gasteiger partial charge < -0.3 is 0 Å². The van der Waals surface area contributed by atoms with Crippen LogP contribution in [-0.4, -0.2) is 0 Å². The number of benzene rings is 1. The van der Waals surface area contributed by atoms with Gasteiger partial charge >= 0.3 is 0 Å². The van der Waals surface area contributed by atoms with Crippen LogP contribution in [0.15, 0.2) is 29.2 Å². The molecule has 0 atom stereocenters. The van der Waals surface area contributed by atoms with Gasteiger partial charge in [-0.05, 0) is 30.5 Å². The molecule has 1 heteroatoms. The first kappa shape index (κ1) is 22.6. The molecular formula is C24H42S. The average molecular weight is 363 g/mol. The summed E-state index contributed by atoms with van der Waals surface area (Å²) >= 11 is 4.41. The fraction of sp³-hybridized carbons (Fsp3) is 0.750. The van der Waals surface area contributed by atoms with Crippen LogP contribution in [0.5, 0.6) is 0 Å². The number of aryl methyl sites for hydroxylation is 1. The zero-order chi connectivity index (χ0) is 18.0. The third kappa shape index (κ3) is 14.4. The molecule has 0 heterocycles. The van der Waals surface area contributed by atoms with Crippen LogP contribution in [0.1, 0.15) is 115 Å². The van der Waals surface area contributed by atoms with Crippen LogP contribution in [0.4, 0.5) is 0 Å². The van der Waals surface area contributed by atoms with Crippen molar-refractivity contribution in [3.05, 3.63) is 29.8 Å². The molecule has 0 nitrogen and oxygen atoms in total. The Morgan fingerprint density at radius 1 is 0.600 bits per heavy atom. The van der Waals surface area contributed by atoms with Gasteiger partial charge in [0.1, 0.15) is 0 Å². The van der Waals surface area contributed by atoms with Gasteiger partial charge in [0.05, 0.1) is 0 Å². The van der Waals surface area contributed by atoms with Crippen LogP contribution >= 0.6 is 12.6 Å². The van der Waals surface area contributed by atoms with Crippen molar-refractivity contribution in [1.29, 1.82) is 0 Å². The van der Waals surface area contributed by atoms with Crippen LogP contribution in [0, 0.1) is 0 Å². The van der Waals surface area contributed by atoms with Crippen LogP contribution in [0.3, 0.4) is 0 Å². The highest BCUT2D eigenvalue weighted by atomic mass is 32.1. The molecule has 0 amide bonds. The molecule has 25 heavy (non-hydrogen) atoms. The van der Waals surface area contributed by atoms with E-state index < -0.39 is 0 Å². The minimum Gasteiger partial charge on any atom is -0.143 e. The molecule has 0 aromatic heterocycles. The minimum absolute atomic E-state index is 1.09. The van der Waals surface area contributed by atoms with Crippen molar-refractivity contribution >= 4 is 12.6 Å². The number of hydrogen-bond acceptors (Lipinski definition) is 1. The van der Waals surface area contributed by atoms with Crippen LogP contribution in [0.2, 0.25) is 0 Å². The smallest absolute Gasteiger partial charge is 0.00427 e. The van der Waals surface area contributed by atoms with E-state index >= 15 is 0 Å². The Hall–Kier alpha value is -0.430. The summed E-state index contributed by atoms with van der Waals surface area (Å²) in [5.41, 5.74) is 1.44. The Bertz CT molecular complexity index is 399. The lowest BCUT2D eigenvalue weighted by Crippen LogP contribution is -1.87. The molecule has 0 aliphatic rings. The highest BCUT2D eigenvalue weighted by molar-refractivity contribution is 7.80. The van der Waals surface area contributed by atoms with Crippen LogP contribution < -0.4 is 0 Å². The second-order valence-corrected chi connectivity index (χ2v) is 8.24. The quantitative estimate of drug-likeness (QED) is 0.208. The van der Waals surface area contributed by atoms with E-state index in [0.717, 1.165) is 4.90 Å². The molecular weight excluding hydrogens is 320 g/mol. The molecule has 0 fully saturated rings. The van der Waals surface area contributed by atoms with E-state index in [1.807, 2.05) is 0 Å². The number of unbranched alkanes of at least 4 members (excludes halogenated alkanes) is 15. The summed E-state index contributed by atoms with van der Waals surface area (Å²) in [6.07, 6.45) is 24.2. The largest absolute Gasteiger partial charge is 0.143 e. The van der Waals surface area contributed by atoms with Crippen LogP contribution in [-0.2, 0) is 6.42 Å². The van der Waals surface area contributed by atoms with Gasteiger partial charge in [-0.1, -0.05) is 115 Å². The zero-order valence-corrected chi connectivity index (χ0v) is 17.7. The predicted octanol–water partition coefficient (Wildman–Crippen LogP) is 8.78. The number of rotatable bonds is 17. The van der Waals surface area contributed by atoms with Gasteiger partial charge in [-0.15, -0.1) is 12.6 Å². The predicted molar refractivity (Wildman–Crippen MR) is 117 cm³/mol. The molecule has 0 saturated carbocycles. The van der Waals surface area contributed by atoms with E-state index in [1.165, 1.54) is 115 Å². The van der Waals surface area contributed by atoms with Gasteiger partial charge in [0, 0.05) is 4.90 Å². The number of hydrogen-bond donors (Lipinski definition) is 1. The first-order valence-corrected chi connectivity index (χ1v) is 11.6. The maximum atomic E-state index is 4.41. The van der Waals surface area contributed by atoms with Gasteiger partial charge in [0.2, 0.25) is 0 Å². The summed E-state index contributed by atoms with van der Waals surface area (Å²) in [6, 6.07) is 8.60. The highest BCUT2D eigenvalue weighted by Crippen LogP contribution is 2.15. The molecule has 144 valence electrons. The van der Waals surface area contributed by atoms with Crippen molar-refractivity contribution in [2.24, 2.45) is 0 Å². The first-order chi connectivity index (χ1) is 12.3. The van der Waals surface area contributed by atoms with Gasteiger partial charge in [-0.25, -0.2) is 0 Å². The fourth-order valence-corrected chi connectivity index (χ4v) is 3.84. The van der Waals surface area contributed by atoms with E-state index in [-0.39, 0.29) is 0 Å². The van der Waals surface area contributed by atoms with Crippen molar-refractivity contribution < 1.29 is 0 Å².